The number of nitrogens with one attached hydrogen (secondary N) is 1. The topological polar surface area (TPSA) is 92.8 Å². The van der Waals surface area contributed by atoms with Crippen molar-refractivity contribution in [1.29, 1.82) is 0 Å². The largest absolute Gasteiger partial charge is 0.462 e. The summed E-state index contributed by atoms with van der Waals surface area (Å²) < 4.78 is 32.1. The summed E-state index contributed by atoms with van der Waals surface area (Å²) in [4.78, 5) is 24.7. The summed E-state index contributed by atoms with van der Waals surface area (Å²) in [5.74, 6) is -1.19. The second-order valence-corrected chi connectivity index (χ2v) is 10.5. The number of carbonyl (C=O) groups excluding carboxylic acids is 2. The molecule has 1 N–H and O–H groups in total. The lowest BCUT2D eigenvalue weighted by molar-refractivity contribution is -0.120. The number of hydrogen-bond donors (Lipinski definition) is 1. The highest BCUT2D eigenvalue weighted by Gasteiger charge is 2.32. The number of nitrogens with zero attached hydrogens (tertiary/aromatic N) is 1. The van der Waals surface area contributed by atoms with Crippen LogP contribution in [0.25, 0.3) is 0 Å². The van der Waals surface area contributed by atoms with E-state index in [2.05, 4.69) is 5.32 Å². The number of piperidine rings is 1. The molecule has 1 fully saturated rings. The number of esters is 1. The highest BCUT2D eigenvalue weighted by atomic mass is 35.5. The number of hydrogen-bond acceptors (Lipinski definition) is 5. The molecule has 178 valence electrons. The van der Waals surface area contributed by atoms with Crippen molar-refractivity contribution >= 4 is 39.2 Å². The Kier molecular flexibility index (Phi) is 8.88. The molecule has 0 aromatic heterocycles. The minimum Gasteiger partial charge on any atom is -0.462 e. The van der Waals surface area contributed by atoms with Crippen molar-refractivity contribution in [3.63, 3.8) is 0 Å². The Balaban J connectivity index is 1.57. The van der Waals surface area contributed by atoms with Gasteiger partial charge < -0.3 is 10.1 Å². The predicted octanol–water partition coefficient (Wildman–Crippen LogP) is 4.13. The zero-order chi connectivity index (χ0) is 23.8. The van der Waals surface area contributed by atoms with E-state index in [-0.39, 0.29) is 29.8 Å². The summed E-state index contributed by atoms with van der Waals surface area (Å²) in [7, 11) is -3.45. The van der Waals surface area contributed by atoms with Gasteiger partial charge in [-0.15, -0.1) is 0 Å². The Morgan fingerprint density at radius 1 is 1.18 bits per heavy atom. The average molecular weight is 493 g/mol. The van der Waals surface area contributed by atoms with Gasteiger partial charge in [-0.1, -0.05) is 41.9 Å². The molecule has 2 aromatic rings. The first-order chi connectivity index (χ1) is 15.8. The van der Waals surface area contributed by atoms with Crippen molar-refractivity contribution in [1.82, 2.24) is 4.31 Å². The molecule has 1 aliphatic heterocycles. The second kappa shape index (κ2) is 11.6. The van der Waals surface area contributed by atoms with Gasteiger partial charge in [0.25, 0.3) is 0 Å². The van der Waals surface area contributed by atoms with Gasteiger partial charge in [0, 0.05) is 13.1 Å². The van der Waals surface area contributed by atoms with E-state index in [1.165, 1.54) is 16.4 Å². The third-order valence-electron chi connectivity index (χ3n) is 5.60. The first kappa shape index (κ1) is 25.2. The zero-order valence-corrected chi connectivity index (χ0v) is 20.2. The molecule has 9 heteroatoms. The average Bonchev–Trinajstić information content (AvgIpc) is 2.81. The van der Waals surface area contributed by atoms with E-state index < -0.39 is 21.9 Å². The van der Waals surface area contributed by atoms with Crippen LogP contribution in [0.5, 0.6) is 0 Å². The smallest absolute Gasteiger partial charge is 0.338 e. The summed E-state index contributed by atoms with van der Waals surface area (Å²) in [5.41, 5.74) is 1.78. The first-order valence-electron chi connectivity index (χ1n) is 11.1. The minimum atomic E-state index is -3.45. The molecule has 1 aliphatic rings. The van der Waals surface area contributed by atoms with Gasteiger partial charge in [0.15, 0.2) is 0 Å². The van der Waals surface area contributed by atoms with Crippen LogP contribution >= 0.6 is 11.6 Å². The lowest BCUT2D eigenvalue weighted by atomic mass is 9.98. The van der Waals surface area contributed by atoms with Crippen LogP contribution in [-0.4, -0.2) is 50.0 Å². The molecule has 1 amide bonds. The van der Waals surface area contributed by atoms with Crippen LogP contribution in [0.15, 0.2) is 48.5 Å². The molecule has 0 aliphatic carbocycles. The monoisotopic (exact) mass is 492 g/mol. The number of sulfonamides is 1. The Hall–Kier alpha value is -2.42. The van der Waals surface area contributed by atoms with Crippen LogP contribution in [0.1, 0.15) is 42.1 Å². The van der Waals surface area contributed by atoms with Crippen LogP contribution in [0.2, 0.25) is 5.02 Å². The first-order valence-corrected chi connectivity index (χ1v) is 13.1. The number of carbonyl (C=O) groups is 2. The molecule has 0 spiro atoms. The van der Waals surface area contributed by atoms with E-state index in [1.807, 2.05) is 30.3 Å². The van der Waals surface area contributed by atoms with Crippen molar-refractivity contribution in [2.45, 2.75) is 32.6 Å². The van der Waals surface area contributed by atoms with Crippen LogP contribution < -0.4 is 5.32 Å². The number of amides is 1. The normalized spacial score (nSPS) is 16.8. The molecule has 3 rings (SSSR count). The summed E-state index contributed by atoms with van der Waals surface area (Å²) in [6.07, 6.45) is 2.44. The lowest BCUT2D eigenvalue weighted by Crippen LogP contribution is -2.44. The third-order valence-corrected chi connectivity index (χ3v) is 7.83. The Bertz CT molecular complexity index is 1080. The van der Waals surface area contributed by atoms with E-state index in [0.717, 1.165) is 5.56 Å². The number of rotatable bonds is 9. The van der Waals surface area contributed by atoms with Gasteiger partial charge in [-0.3, -0.25) is 4.79 Å². The van der Waals surface area contributed by atoms with Crippen molar-refractivity contribution in [2.75, 3.05) is 30.8 Å². The molecule has 1 saturated heterocycles. The number of ether oxygens (including phenoxy) is 1. The quantitative estimate of drug-likeness (QED) is 0.531. The van der Waals surface area contributed by atoms with E-state index >= 15 is 0 Å². The molecular formula is C24H29ClN2O5S. The molecule has 33 heavy (non-hydrogen) atoms. The molecule has 1 atom stereocenters. The molecule has 2 aromatic carbocycles. The van der Waals surface area contributed by atoms with E-state index in [9.17, 15) is 18.0 Å². The molecule has 0 saturated carbocycles. The van der Waals surface area contributed by atoms with Crippen molar-refractivity contribution in [3.8, 4) is 0 Å². The summed E-state index contributed by atoms with van der Waals surface area (Å²) in [6, 6.07) is 14.3. The molecule has 0 radical (unpaired) electrons. The SMILES string of the molecule is CCOC(=O)c1ccc(NC(=O)C2CCCN(S(=O)(=O)CCCc3ccccc3)C2)c(Cl)c1. The van der Waals surface area contributed by atoms with Gasteiger partial charge in [0.1, 0.15) is 0 Å². The second-order valence-electron chi connectivity index (χ2n) is 8.01. The lowest BCUT2D eigenvalue weighted by Gasteiger charge is -2.31. The van der Waals surface area contributed by atoms with E-state index in [4.69, 9.17) is 16.3 Å². The maximum absolute atomic E-state index is 12.8. The molecule has 1 unspecified atom stereocenters. The standard InChI is InChI=1S/C24H29ClN2O5S/c1-2-32-24(29)19-12-13-22(21(25)16-19)26-23(28)20-11-6-14-27(17-20)33(30,31)15-7-10-18-8-4-3-5-9-18/h3-5,8-9,12-13,16,20H,2,6-7,10-11,14-15,17H2,1H3,(H,26,28). The van der Waals surface area contributed by atoms with Gasteiger partial charge in [0.05, 0.1) is 34.6 Å². The van der Waals surface area contributed by atoms with E-state index in [0.29, 0.717) is 43.5 Å². The van der Waals surface area contributed by atoms with Crippen molar-refractivity contribution in [3.05, 3.63) is 64.7 Å². The van der Waals surface area contributed by atoms with E-state index in [1.54, 1.807) is 13.0 Å². The summed E-state index contributed by atoms with van der Waals surface area (Å²) >= 11 is 6.24. The van der Waals surface area contributed by atoms with Crippen LogP contribution in [0, 0.1) is 5.92 Å². The van der Waals surface area contributed by atoms with Gasteiger partial charge in [-0.2, -0.15) is 0 Å². The van der Waals surface area contributed by atoms with Crippen molar-refractivity contribution in [2.24, 2.45) is 5.92 Å². The molecule has 0 bridgehead atoms. The van der Waals surface area contributed by atoms with Crippen LogP contribution in [0.4, 0.5) is 5.69 Å². The molecular weight excluding hydrogens is 464 g/mol. The Morgan fingerprint density at radius 2 is 1.94 bits per heavy atom. The fourth-order valence-electron chi connectivity index (χ4n) is 3.83. The van der Waals surface area contributed by atoms with Crippen LogP contribution in [-0.2, 0) is 26.0 Å². The van der Waals surface area contributed by atoms with Crippen LogP contribution in [0.3, 0.4) is 0 Å². The number of halogens is 1. The molecule has 1 heterocycles. The Labute approximate surface area is 200 Å². The van der Waals surface area contributed by atoms with Gasteiger partial charge in [0.2, 0.25) is 15.9 Å². The van der Waals surface area contributed by atoms with Gasteiger partial charge in [-0.25, -0.2) is 17.5 Å². The zero-order valence-electron chi connectivity index (χ0n) is 18.6. The molecule has 7 nitrogen and oxygen atoms in total. The number of anilines is 1. The maximum Gasteiger partial charge on any atom is 0.338 e. The minimum absolute atomic E-state index is 0.0530. The summed E-state index contributed by atoms with van der Waals surface area (Å²) in [6.45, 7) is 2.54. The van der Waals surface area contributed by atoms with Gasteiger partial charge in [-0.05, 0) is 56.4 Å². The van der Waals surface area contributed by atoms with Crippen molar-refractivity contribution < 1.29 is 22.7 Å². The highest BCUT2D eigenvalue weighted by molar-refractivity contribution is 7.89. The number of aryl methyl sites for hydroxylation is 1. The fourth-order valence-corrected chi connectivity index (χ4v) is 5.64. The third kappa shape index (κ3) is 7.03. The van der Waals surface area contributed by atoms with Gasteiger partial charge >= 0.3 is 5.97 Å². The maximum atomic E-state index is 12.8. The predicted molar refractivity (Wildman–Crippen MR) is 129 cm³/mol. The summed E-state index contributed by atoms with van der Waals surface area (Å²) in [5, 5.41) is 2.99. The Morgan fingerprint density at radius 3 is 2.64 bits per heavy atom. The number of benzene rings is 2. The fraction of sp³-hybridized carbons (Fsp3) is 0.417. The highest BCUT2D eigenvalue weighted by Crippen LogP contribution is 2.26.